The fourth-order valence-corrected chi connectivity index (χ4v) is 5.60. The highest BCUT2D eigenvalue weighted by atomic mass is 32.1. The molecule has 0 radical (unpaired) electrons. The molecule has 3 aromatic heterocycles. The number of nitrogens with zero attached hydrogens (tertiary/aromatic N) is 3. The van der Waals surface area contributed by atoms with Crippen LogP contribution in [0.1, 0.15) is 30.7 Å². The van der Waals surface area contributed by atoms with Gasteiger partial charge in [-0.05, 0) is 74.5 Å². The molecule has 0 spiro atoms. The van der Waals surface area contributed by atoms with E-state index in [0.29, 0.717) is 10.3 Å². The molecule has 0 aliphatic carbocycles. The number of hydrogen-bond acceptors (Lipinski definition) is 9. The van der Waals surface area contributed by atoms with Crippen molar-refractivity contribution in [3.63, 3.8) is 0 Å². The third-order valence-electron chi connectivity index (χ3n) is 5.98. The molecule has 2 N–H and O–H groups in total. The molecule has 5 aromatic rings. The van der Waals surface area contributed by atoms with Gasteiger partial charge in [0.25, 0.3) is 11.8 Å². The van der Waals surface area contributed by atoms with Gasteiger partial charge in [-0.3, -0.25) is 20.2 Å². The second-order valence-electron chi connectivity index (χ2n) is 8.62. The predicted molar refractivity (Wildman–Crippen MR) is 158 cm³/mol. The van der Waals surface area contributed by atoms with E-state index in [1.165, 1.54) is 22.7 Å². The van der Waals surface area contributed by atoms with E-state index in [4.69, 9.17) is 9.47 Å². The summed E-state index contributed by atoms with van der Waals surface area (Å²) in [5.74, 6) is 0.582. The monoisotopic (exact) mass is 571 g/mol. The summed E-state index contributed by atoms with van der Waals surface area (Å²) in [6.07, 6.45) is 0. The third-order valence-corrected chi connectivity index (χ3v) is 7.75. The number of anilines is 2. The van der Waals surface area contributed by atoms with Crippen LogP contribution in [-0.2, 0) is 0 Å². The maximum absolute atomic E-state index is 13.0. The molecule has 202 valence electrons. The molecule has 0 aliphatic rings. The topological polar surface area (TPSA) is 115 Å². The van der Waals surface area contributed by atoms with Crippen molar-refractivity contribution in [2.24, 2.45) is 0 Å². The number of nitrogens with one attached hydrogen (secondary N) is 2. The predicted octanol–water partition coefficient (Wildman–Crippen LogP) is 6.47. The Hall–Kier alpha value is -4.61. The summed E-state index contributed by atoms with van der Waals surface area (Å²) in [5, 5.41) is 6.47. The molecule has 0 bridgehead atoms. The Morgan fingerprint density at radius 2 is 1.02 bits per heavy atom. The first-order valence-electron chi connectivity index (χ1n) is 12.2. The minimum Gasteiger partial charge on any atom is -0.497 e. The molecule has 0 saturated carbocycles. The summed E-state index contributed by atoms with van der Waals surface area (Å²) in [4.78, 5) is 41.3. The van der Waals surface area contributed by atoms with Gasteiger partial charge in [-0.15, -0.1) is 22.7 Å². The van der Waals surface area contributed by atoms with Gasteiger partial charge in [-0.2, -0.15) is 0 Å². The van der Waals surface area contributed by atoms with Crippen LogP contribution in [0.25, 0.3) is 22.5 Å². The molecule has 0 saturated heterocycles. The zero-order chi connectivity index (χ0) is 28.2. The molecular weight excluding hydrogens is 546 g/mol. The standard InChI is InChI=1S/C29H25N5O4S2/c1-16-24(18-8-12-20(37-3)13-9-18)31-28(39-16)33-26(35)22-6-5-7-23(30-22)27(36)34-29-32-25(17(2)40-29)19-10-14-21(38-4)15-11-19/h5-15H,1-4H3,(H,31,33,35)(H,32,34,36). The Morgan fingerprint density at radius 1 is 0.625 bits per heavy atom. The second kappa shape index (κ2) is 11.6. The van der Waals surface area contributed by atoms with E-state index in [-0.39, 0.29) is 11.4 Å². The van der Waals surface area contributed by atoms with Crippen LogP contribution in [0.3, 0.4) is 0 Å². The lowest BCUT2D eigenvalue weighted by atomic mass is 10.1. The first-order valence-corrected chi connectivity index (χ1v) is 13.8. The number of thiazole rings is 2. The molecular formula is C29H25N5O4S2. The molecule has 2 amide bonds. The average molecular weight is 572 g/mol. The molecule has 3 heterocycles. The number of aromatic nitrogens is 3. The maximum Gasteiger partial charge on any atom is 0.276 e. The van der Waals surface area contributed by atoms with Gasteiger partial charge in [0.05, 0.1) is 25.6 Å². The second-order valence-corrected chi connectivity index (χ2v) is 11.0. The molecule has 9 nitrogen and oxygen atoms in total. The Balaban J connectivity index is 1.28. The smallest absolute Gasteiger partial charge is 0.276 e. The van der Waals surface area contributed by atoms with Gasteiger partial charge in [-0.25, -0.2) is 15.0 Å². The number of carbonyl (C=O) groups is 2. The van der Waals surface area contributed by atoms with Gasteiger partial charge in [0, 0.05) is 20.9 Å². The number of aryl methyl sites for hydroxylation is 2. The lowest BCUT2D eigenvalue weighted by Crippen LogP contribution is -2.18. The van der Waals surface area contributed by atoms with Crippen LogP contribution in [0.2, 0.25) is 0 Å². The number of amides is 2. The van der Waals surface area contributed by atoms with Crippen molar-refractivity contribution in [3.05, 3.63) is 87.9 Å². The van der Waals surface area contributed by atoms with Crippen molar-refractivity contribution in [2.45, 2.75) is 13.8 Å². The lowest BCUT2D eigenvalue weighted by Gasteiger charge is -2.05. The maximum atomic E-state index is 13.0. The lowest BCUT2D eigenvalue weighted by molar-refractivity contribution is 0.101. The zero-order valence-electron chi connectivity index (χ0n) is 22.1. The van der Waals surface area contributed by atoms with E-state index in [1.807, 2.05) is 62.4 Å². The number of hydrogen-bond donors (Lipinski definition) is 2. The van der Waals surface area contributed by atoms with Crippen LogP contribution in [0.5, 0.6) is 11.5 Å². The van der Waals surface area contributed by atoms with Crippen LogP contribution in [0, 0.1) is 13.8 Å². The normalized spacial score (nSPS) is 10.7. The van der Waals surface area contributed by atoms with Gasteiger partial charge < -0.3 is 9.47 Å². The number of rotatable bonds is 8. The minimum absolute atomic E-state index is 0.0979. The van der Waals surface area contributed by atoms with Crippen molar-refractivity contribution in [3.8, 4) is 34.0 Å². The largest absolute Gasteiger partial charge is 0.497 e. The van der Waals surface area contributed by atoms with Crippen molar-refractivity contribution in [2.75, 3.05) is 24.9 Å². The van der Waals surface area contributed by atoms with Gasteiger partial charge in [-0.1, -0.05) is 6.07 Å². The fraction of sp³-hybridized carbons (Fsp3) is 0.138. The van der Waals surface area contributed by atoms with E-state index in [0.717, 1.165) is 43.8 Å². The summed E-state index contributed by atoms with van der Waals surface area (Å²) in [5.41, 5.74) is 3.58. The van der Waals surface area contributed by atoms with Crippen molar-refractivity contribution >= 4 is 44.8 Å². The van der Waals surface area contributed by atoms with Crippen LogP contribution < -0.4 is 20.1 Å². The Kier molecular flexibility index (Phi) is 7.85. The summed E-state index contributed by atoms with van der Waals surface area (Å²) in [6, 6.07) is 19.8. The van der Waals surface area contributed by atoms with E-state index in [2.05, 4.69) is 25.6 Å². The van der Waals surface area contributed by atoms with Gasteiger partial charge in [0.15, 0.2) is 10.3 Å². The number of benzene rings is 2. The zero-order valence-corrected chi connectivity index (χ0v) is 23.8. The van der Waals surface area contributed by atoms with Gasteiger partial charge in [0.1, 0.15) is 22.9 Å². The molecule has 40 heavy (non-hydrogen) atoms. The summed E-state index contributed by atoms with van der Waals surface area (Å²) in [7, 11) is 3.23. The summed E-state index contributed by atoms with van der Waals surface area (Å²) < 4.78 is 10.4. The van der Waals surface area contributed by atoms with Crippen molar-refractivity contribution < 1.29 is 19.1 Å². The van der Waals surface area contributed by atoms with E-state index in [1.54, 1.807) is 32.4 Å². The van der Waals surface area contributed by atoms with Crippen LogP contribution >= 0.6 is 22.7 Å². The van der Waals surface area contributed by atoms with Crippen LogP contribution in [0.4, 0.5) is 10.3 Å². The fourth-order valence-electron chi connectivity index (χ4n) is 3.94. The van der Waals surface area contributed by atoms with E-state index >= 15 is 0 Å². The van der Waals surface area contributed by atoms with Crippen LogP contribution in [-0.4, -0.2) is 41.0 Å². The highest BCUT2D eigenvalue weighted by Crippen LogP contribution is 2.33. The quantitative estimate of drug-likeness (QED) is 0.219. The molecule has 0 aliphatic heterocycles. The van der Waals surface area contributed by atoms with Crippen molar-refractivity contribution in [1.82, 2.24) is 15.0 Å². The summed E-state index contributed by atoms with van der Waals surface area (Å²) >= 11 is 2.73. The highest BCUT2D eigenvalue weighted by Gasteiger charge is 2.18. The Morgan fingerprint density at radius 3 is 1.40 bits per heavy atom. The molecule has 11 heteroatoms. The number of methoxy groups -OCH3 is 2. The Labute approximate surface area is 238 Å². The molecule has 0 atom stereocenters. The highest BCUT2D eigenvalue weighted by molar-refractivity contribution is 7.16. The van der Waals surface area contributed by atoms with E-state index < -0.39 is 11.8 Å². The molecule has 2 aromatic carbocycles. The number of carbonyl (C=O) groups excluding carboxylic acids is 2. The van der Waals surface area contributed by atoms with Crippen molar-refractivity contribution in [1.29, 1.82) is 0 Å². The molecule has 0 unspecified atom stereocenters. The number of ether oxygens (including phenoxy) is 2. The first-order chi connectivity index (χ1) is 19.3. The van der Waals surface area contributed by atoms with Gasteiger partial charge >= 0.3 is 0 Å². The SMILES string of the molecule is COc1ccc(-c2nc(NC(=O)c3cccc(C(=O)Nc4nc(-c5ccc(OC)cc5)c(C)s4)n3)sc2C)cc1. The number of pyridine rings is 1. The van der Waals surface area contributed by atoms with E-state index in [9.17, 15) is 9.59 Å². The average Bonchev–Trinajstić information content (AvgIpc) is 3.53. The summed E-state index contributed by atoms with van der Waals surface area (Å²) in [6.45, 7) is 3.88. The molecule has 0 fully saturated rings. The first kappa shape index (κ1) is 27.0. The third kappa shape index (κ3) is 5.85. The Bertz CT molecular complexity index is 1560. The molecule has 5 rings (SSSR count). The van der Waals surface area contributed by atoms with Crippen LogP contribution in [0.15, 0.2) is 66.7 Å². The minimum atomic E-state index is -0.462. The van der Waals surface area contributed by atoms with Gasteiger partial charge in [0.2, 0.25) is 0 Å².